The van der Waals surface area contributed by atoms with E-state index >= 15 is 0 Å². The molecular formula is C11H11Br3O2. The van der Waals surface area contributed by atoms with Gasteiger partial charge in [0.25, 0.3) is 0 Å². The molecule has 1 aromatic carbocycles. The van der Waals surface area contributed by atoms with Crippen molar-refractivity contribution < 1.29 is 9.47 Å². The van der Waals surface area contributed by atoms with Crippen molar-refractivity contribution in [2.24, 2.45) is 0 Å². The first-order chi connectivity index (χ1) is 7.54. The van der Waals surface area contributed by atoms with Crippen molar-refractivity contribution in [2.75, 3.05) is 13.7 Å². The van der Waals surface area contributed by atoms with Crippen LogP contribution in [-0.4, -0.2) is 13.7 Å². The monoisotopic (exact) mass is 412 g/mol. The fourth-order valence-electron chi connectivity index (χ4n) is 1.24. The van der Waals surface area contributed by atoms with Gasteiger partial charge in [-0.3, -0.25) is 0 Å². The van der Waals surface area contributed by atoms with Gasteiger partial charge in [-0.05, 0) is 78.5 Å². The van der Waals surface area contributed by atoms with E-state index in [1.807, 2.05) is 25.1 Å². The maximum atomic E-state index is 5.56. The lowest BCUT2D eigenvalue weighted by molar-refractivity contribution is 0.359. The number of halogens is 3. The van der Waals surface area contributed by atoms with Gasteiger partial charge in [0.15, 0.2) is 0 Å². The first kappa shape index (κ1) is 14.1. The fraction of sp³-hybridized carbons (Fsp3) is 0.273. The quantitative estimate of drug-likeness (QED) is 0.706. The van der Waals surface area contributed by atoms with Crippen LogP contribution in [0.2, 0.25) is 0 Å². The molecule has 1 aromatic rings. The topological polar surface area (TPSA) is 18.5 Å². The fourth-order valence-corrected chi connectivity index (χ4v) is 2.21. The average molecular weight is 415 g/mol. The summed E-state index contributed by atoms with van der Waals surface area (Å²) in [5, 5.41) is 0. The third-order valence-corrected chi connectivity index (χ3v) is 3.13. The van der Waals surface area contributed by atoms with Gasteiger partial charge < -0.3 is 9.47 Å². The van der Waals surface area contributed by atoms with Crippen molar-refractivity contribution in [3.63, 3.8) is 0 Å². The second kappa shape index (κ2) is 6.67. The highest BCUT2D eigenvalue weighted by Gasteiger charge is 2.06. The molecule has 5 heteroatoms. The SMILES string of the molecule is COc1c(C)cc(OCC=C(Br)Br)cc1Br. The van der Waals surface area contributed by atoms with Crippen molar-refractivity contribution in [1.29, 1.82) is 0 Å². The van der Waals surface area contributed by atoms with Crippen LogP contribution in [0.5, 0.6) is 11.5 Å². The number of aryl methyl sites for hydroxylation is 1. The number of methoxy groups -OCH3 is 1. The molecule has 0 fully saturated rings. The van der Waals surface area contributed by atoms with Crippen LogP contribution >= 0.6 is 47.8 Å². The average Bonchev–Trinajstić information content (AvgIpc) is 2.16. The minimum Gasteiger partial charge on any atom is -0.495 e. The van der Waals surface area contributed by atoms with E-state index in [0.29, 0.717) is 6.61 Å². The summed E-state index contributed by atoms with van der Waals surface area (Å²) in [4.78, 5) is 0. The molecule has 1 rings (SSSR count). The Morgan fingerprint density at radius 3 is 2.56 bits per heavy atom. The molecule has 0 atom stereocenters. The Bertz CT molecular complexity index is 375. The maximum absolute atomic E-state index is 5.56. The van der Waals surface area contributed by atoms with Crippen molar-refractivity contribution in [3.8, 4) is 11.5 Å². The second-order valence-corrected chi connectivity index (χ2v) is 6.69. The molecule has 0 heterocycles. The van der Waals surface area contributed by atoms with E-state index in [2.05, 4.69) is 47.8 Å². The van der Waals surface area contributed by atoms with E-state index < -0.39 is 0 Å². The smallest absolute Gasteiger partial charge is 0.136 e. The Balaban J connectivity index is 2.80. The summed E-state index contributed by atoms with van der Waals surface area (Å²) in [6, 6.07) is 3.83. The molecule has 0 bridgehead atoms. The summed E-state index contributed by atoms with van der Waals surface area (Å²) in [7, 11) is 1.65. The van der Waals surface area contributed by atoms with Crippen LogP contribution in [0.1, 0.15) is 5.56 Å². The number of benzene rings is 1. The van der Waals surface area contributed by atoms with Crippen molar-refractivity contribution in [3.05, 3.63) is 31.6 Å². The maximum Gasteiger partial charge on any atom is 0.136 e. The molecule has 0 radical (unpaired) electrons. The zero-order valence-corrected chi connectivity index (χ0v) is 13.6. The third kappa shape index (κ3) is 4.11. The van der Waals surface area contributed by atoms with Gasteiger partial charge in [-0.1, -0.05) is 0 Å². The highest BCUT2D eigenvalue weighted by atomic mass is 79.9. The molecule has 0 spiro atoms. The number of rotatable bonds is 4. The van der Waals surface area contributed by atoms with Crippen LogP contribution in [0.4, 0.5) is 0 Å². The van der Waals surface area contributed by atoms with Crippen LogP contribution in [0.25, 0.3) is 0 Å². The zero-order chi connectivity index (χ0) is 12.1. The molecule has 0 aliphatic carbocycles. The summed E-state index contributed by atoms with van der Waals surface area (Å²) in [5.41, 5.74) is 1.04. The van der Waals surface area contributed by atoms with Crippen LogP contribution in [0.3, 0.4) is 0 Å². The Labute approximate surface area is 120 Å². The highest BCUT2D eigenvalue weighted by Crippen LogP contribution is 2.33. The van der Waals surface area contributed by atoms with E-state index in [9.17, 15) is 0 Å². The summed E-state index contributed by atoms with van der Waals surface area (Å²) in [6.45, 7) is 2.48. The van der Waals surface area contributed by atoms with Gasteiger partial charge >= 0.3 is 0 Å². The lowest BCUT2D eigenvalue weighted by atomic mass is 10.2. The molecule has 0 saturated heterocycles. The number of hydrogen-bond donors (Lipinski definition) is 0. The molecule has 16 heavy (non-hydrogen) atoms. The summed E-state index contributed by atoms with van der Waals surface area (Å²) in [5.74, 6) is 1.65. The highest BCUT2D eigenvalue weighted by molar-refractivity contribution is 9.28. The first-order valence-corrected chi connectivity index (χ1v) is 6.90. The van der Waals surface area contributed by atoms with Gasteiger partial charge in [0.05, 0.1) is 15.0 Å². The van der Waals surface area contributed by atoms with Gasteiger partial charge in [0.2, 0.25) is 0 Å². The largest absolute Gasteiger partial charge is 0.495 e. The van der Waals surface area contributed by atoms with E-state index in [-0.39, 0.29) is 0 Å². The van der Waals surface area contributed by atoms with E-state index in [0.717, 1.165) is 24.9 Å². The lowest BCUT2D eigenvalue weighted by Crippen LogP contribution is -1.96. The second-order valence-electron chi connectivity index (χ2n) is 3.06. The van der Waals surface area contributed by atoms with Crippen molar-refractivity contribution in [2.45, 2.75) is 6.92 Å². The van der Waals surface area contributed by atoms with Gasteiger partial charge in [-0.2, -0.15) is 0 Å². The molecule has 88 valence electrons. The Morgan fingerprint density at radius 1 is 1.38 bits per heavy atom. The van der Waals surface area contributed by atoms with E-state index in [1.165, 1.54) is 0 Å². The van der Waals surface area contributed by atoms with Crippen LogP contribution in [-0.2, 0) is 0 Å². The number of hydrogen-bond acceptors (Lipinski definition) is 2. The van der Waals surface area contributed by atoms with Crippen LogP contribution in [0.15, 0.2) is 26.1 Å². The van der Waals surface area contributed by atoms with Gasteiger partial charge in [0, 0.05) is 0 Å². The minimum absolute atomic E-state index is 0.504. The molecule has 2 nitrogen and oxygen atoms in total. The molecule has 0 N–H and O–H groups in total. The van der Waals surface area contributed by atoms with Crippen LogP contribution in [0, 0.1) is 6.92 Å². The standard InChI is InChI=1S/C11H11Br3O2/c1-7-5-8(16-4-3-10(13)14)6-9(12)11(7)15-2/h3,5-6H,4H2,1-2H3. The summed E-state index contributed by atoms with van der Waals surface area (Å²) < 4.78 is 12.6. The van der Waals surface area contributed by atoms with Crippen molar-refractivity contribution >= 4 is 47.8 Å². The van der Waals surface area contributed by atoms with Gasteiger partial charge in [-0.25, -0.2) is 0 Å². The molecule has 0 amide bonds. The lowest BCUT2D eigenvalue weighted by Gasteiger charge is -2.10. The first-order valence-electron chi connectivity index (χ1n) is 4.52. The molecule has 0 aromatic heterocycles. The van der Waals surface area contributed by atoms with Gasteiger partial charge in [-0.15, -0.1) is 0 Å². The Morgan fingerprint density at radius 2 is 2.06 bits per heavy atom. The van der Waals surface area contributed by atoms with Gasteiger partial charge in [0.1, 0.15) is 18.1 Å². The number of ether oxygens (including phenoxy) is 2. The zero-order valence-electron chi connectivity index (χ0n) is 8.89. The summed E-state index contributed by atoms with van der Waals surface area (Å²) in [6.07, 6.45) is 1.88. The Hall–Kier alpha value is -0.000000000000000222. The van der Waals surface area contributed by atoms with E-state index in [1.54, 1.807) is 7.11 Å². The molecule has 0 unspecified atom stereocenters. The van der Waals surface area contributed by atoms with Crippen molar-refractivity contribution in [1.82, 2.24) is 0 Å². The minimum atomic E-state index is 0.504. The predicted octanol–water partition coefficient (Wildman–Crippen LogP) is 4.78. The Kier molecular flexibility index (Phi) is 5.86. The van der Waals surface area contributed by atoms with E-state index in [4.69, 9.17) is 9.47 Å². The molecule has 0 aliphatic rings. The predicted molar refractivity (Wildman–Crippen MR) is 76.9 cm³/mol. The molecule has 0 aliphatic heterocycles. The molecule has 0 saturated carbocycles. The van der Waals surface area contributed by atoms with Crippen LogP contribution < -0.4 is 9.47 Å². The summed E-state index contributed by atoms with van der Waals surface area (Å²) >= 11 is 9.98. The normalized spacial score (nSPS) is 9.81. The third-order valence-electron chi connectivity index (χ3n) is 1.89. The molecular weight excluding hydrogens is 404 g/mol.